The maximum absolute atomic E-state index is 5.66. The van der Waals surface area contributed by atoms with Crippen molar-refractivity contribution >= 4 is 17.7 Å². The molecule has 0 amide bonds. The highest BCUT2D eigenvalue weighted by molar-refractivity contribution is 7.99. The maximum Gasteiger partial charge on any atom is 0.191 e. The minimum atomic E-state index is 0.173. The second-order valence-electron chi connectivity index (χ2n) is 6.15. The molecule has 0 aromatic carbocycles. The monoisotopic (exact) mass is 331 g/mol. The molecule has 1 aliphatic rings. The van der Waals surface area contributed by atoms with Crippen molar-refractivity contribution in [1.29, 1.82) is 0 Å². The Labute approximate surface area is 140 Å². The molecule has 0 bridgehead atoms. The van der Waals surface area contributed by atoms with Gasteiger partial charge in [0, 0.05) is 31.1 Å². The second-order valence-corrected chi connectivity index (χ2v) is 7.66. The molecule has 0 radical (unpaired) electrons. The summed E-state index contributed by atoms with van der Waals surface area (Å²) >= 11 is 1.84. The summed E-state index contributed by atoms with van der Waals surface area (Å²) in [4.78, 5) is 4.65. The molecule has 2 N–H and O–H groups in total. The van der Waals surface area contributed by atoms with E-state index in [4.69, 9.17) is 9.47 Å². The molecule has 1 aliphatic heterocycles. The molecule has 0 aromatic heterocycles. The average Bonchev–Trinajstić information content (AvgIpc) is 3.01. The molecule has 0 aliphatic carbocycles. The Hall–Kier alpha value is -0.460. The summed E-state index contributed by atoms with van der Waals surface area (Å²) in [6.45, 7) is 11.5. The first-order chi connectivity index (χ1) is 10.6. The third-order valence-corrected chi connectivity index (χ3v) is 4.83. The Balaban J connectivity index is 2.13. The summed E-state index contributed by atoms with van der Waals surface area (Å²) in [6, 6.07) is 0. The Kier molecular flexibility index (Phi) is 9.91. The molecule has 1 atom stereocenters. The number of guanidine groups is 1. The molecule has 5 nitrogen and oxygen atoms in total. The average molecular weight is 332 g/mol. The van der Waals surface area contributed by atoms with E-state index >= 15 is 0 Å². The molecule has 130 valence electrons. The summed E-state index contributed by atoms with van der Waals surface area (Å²) in [7, 11) is 0. The van der Waals surface area contributed by atoms with Gasteiger partial charge in [-0.2, -0.15) is 11.8 Å². The number of nitrogens with one attached hydrogen (secondary N) is 2. The molecule has 0 aromatic rings. The van der Waals surface area contributed by atoms with Gasteiger partial charge in [-0.1, -0.05) is 0 Å². The van der Waals surface area contributed by atoms with Crippen LogP contribution in [0.1, 0.15) is 40.0 Å². The lowest BCUT2D eigenvalue weighted by atomic mass is 10.2. The van der Waals surface area contributed by atoms with Crippen LogP contribution in [0.2, 0.25) is 0 Å². The molecule has 0 saturated carbocycles. The van der Waals surface area contributed by atoms with Gasteiger partial charge < -0.3 is 20.1 Å². The lowest BCUT2D eigenvalue weighted by Gasteiger charge is -2.20. The maximum atomic E-state index is 5.66. The summed E-state index contributed by atoms with van der Waals surface area (Å²) in [5.41, 5.74) is 0. The summed E-state index contributed by atoms with van der Waals surface area (Å²) in [5, 5.41) is 6.65. The van der Waals surface area contributed by atoms with Crippen LogP contribution in [0.5, 0.6) is 0 Å². The van der Waals surface area contributed by atoms with E-state index in [0.717, 1.165) is 58.3 Å². The number of thioether (sulfide) groups is 1. The van der Waals surface area contributed by atoms with Crippen molar-refractivity contribution < 1.29 is 9.47 Å². The standard InChI is InChI=1S/C16H33N3O2S/c1-5-17-15(19-13-16(2,3)22-4)18-9-7-10-20-12-14-8-6-11-21-14/h14H,5-13H2,1-4H3,(H2,17,18,19). The highest BCUT2D eigenvalue weighted by Gasteiger charge is 2.16. The lowest BCUT2D eigenvalue weighted by Crippen LogP contribution is -2.39. The number of aliphatic imine (C=N–C) groups is 1. The molecular formula is C16H33N3O2S. The highest BCUT2D eigenvalue weighted by atomic mass is 32.2. The van der Waals surface area contributed by atoms with Crippen LogP contribution in [0, 0.1) is 0 Å². The van der Waals surface area contributed by atoms with Gasteiger partial charge in [0.05, 0.1) is 19.3 Å². The van der Waals surface area contributed by atoms with Gasteiger partial charge >= 0.3 is 0 Å². The molecule has 6 heteroatoms. The first kappa shape index (κ1) is 19.6. The van der Waals surface area contributed by atoms with Crippen LogP contribution in [0.15, 0.2) is 4.99 Å². The first-order valence-electron chi connectivity index (χ1n) is 8.34. The largest absolute Gasteiger partial charge is 0.379 e. The molecular weight excluding hydrogens is 298 g/mol. The van der Waals surface area contributed by atoms with Gasteiger partial charge in [0.1, 0.15) is 0 Å². The minimum Gasteiger partial charge on any atom is -0.379 e. The Morgan fingerprint density at radius 2 is 2.23 bits per heavy atom. The van der Waals surface area contributed by atoms with Crippen LogP contribution in [0.4, 0.5) is 0 Å². The van der Waals surface area contributed by atoms with Crippen LogP contribution in [-0.2, 0) is 9.47 Å². The fraction of sp³-hybridized carbons (Fsp3) is 0.938. The number of hydrogen-bond acceptors (Lipinski definition) is 4. The molecule has 1 unspecified atom stereocenters. The zero-order chi connectivity index (χ0) is 16.3. The van der Waals surface area contributed by atoms with Gasteiger partial charge in [0.2, 0.25) is 0 Å². The fourth-order valence-electron chi connectivity index (χ4n) is 2.05. The van der Waals surface area contributed by atoms with E-state index in [2.05, 4.69) is 42.7 Å². The third kappa shape index (κ3) is 8.86. The molecule has 1 saturated heterocycles. The van der Waals surface area contributed by atoms with Crippen molar-refractivity contribution in [3.63, 3.8) is 0 Å². The number of hydrogen-bond donors (Lipinski definition) is 2. The van der Waals surface area contributed by atoms with Gasteiger partial charge in [-0.05, 0) is 46.3 Å². The molecule has 1 heterocycles. The van der Waals surface area contributed by atoms with Crippen molar-refractivity contribution in [2.75, 3.05) is 45.7 Å². The van der Waals surface area contributed by atoms with E-state index in [1.807, 2.05) is 11.8 Å². The molecule has 0 spiro atoms. The summed E-state index contributed by atoms with van der Waals surface area (Å²) in [6.07, 6.45) is 5.73. The van der Waals surface area contributed by atoms with Crippen LogP contribution in [0.25, 0.3) is 0 Å². The van der Waals surface area contributed by atoms with Crippen molar-refractivity contribution in [3.8, 4) is 0 Å². The number of nitrogens with zero attached hydrogens (tertiary/aromatic N) is 1. The smallest absolute Gasteiger partial charge is 0.191 e. The van der Waals surface area contributed by atoms with E-state index in [1.165, 1.54) is 6.42 Å². The zero-order valence-electron chi connectivity index (χ0n) is 14.6. The van der Waals surface area contributed by atoms with E-state index in [-0.39, 0.29) is 4.75 Å². The quantitative estimate of drug-likeness (QED) is 0.365. The normalized spacial score (nSPS) is 19.5. The van der Waals surface area contributed by atoms with Gasteiger partial charge in [0.25, 0.3) is 0 Å². The van der Waals surface area contributed by atoms with Crippen LogP contribution < -0.4 is 10.6 Å². The van der Waals surface area contributed by atoms with Gasteiger partial charge in [-0.15, -0.1) is 0 Å². The number of rotatable bonds is 10. The van der Waals surface area contributed by atoms with Gasteiger partial charge in [-0.3, -0.25) is 4.99 Å². The minimum absolute atomic E-state index is 0.173. The van der Waals surface area contributed by atoms with E-state index in [1.54, 1.807) is 0 Å². The Morgan fingerprint density at radius 3 is 2.86 bits per heavy atom. The van der Waals surface area contributed by atoms with Gasteiger partial charge in [-0.25, -0.2) is 0 Å². The Bertz CT molecular complexity index is 319. The van der Waals surface area contributed by atoms with E-state index < -0.39 is 0 Å². The van der Waals surface area contributed by atoms with E-state index in [9.17, 15) is 0 Å². The first-order valence-corrected chi connectivity index (χ1v) is 9.56. The summed E-state index contributed by atoms with van der Waals surface area (Å²) in [5.74, 6) is 0.892. The van der Waals surface area contributed by atoms with Gasteiger partial charge in [0.15, 0.2) is 5.96 Å². The van der Waals surface area contributed by atoms with Crippen molar-refractivity contribution in [2.24, 2.45) is 4.99 Å². The van der Waals surface area contributed by atoms with Crippen molar-refractivity contribution in [1.82, 2.24) is 10.6 Å². The fourth-order valence-corrected chi connectivity index (χ4v) is 2.24. The Morgan fingerprint density at radius 1 is 1.41 bits per heavy atom. The van der Waals surface area contributed by atoms with Crippen LogP contribution >= 0.6 is 11.8 Å². The highest BCUT2D eigenvalue weighted by Crippen LogP contribution is 2.20. The van der Waals surface area contributed by atoms with Crippen molar-refractivity contribution in [2.45, 2.75) is 50.9 Å². The topological polar surface area (TPSA) is 54.9 Å². The number of ether oxygens (including phenoxy) is 2. The molecule has 22 heavy (non-hydrogen) atoms. The predicted molar refractivity (Wildman–Crippen MR) is 96.0 cm³/mol. The summed E-state index contributed by atoms with van der Waals surface area (Å²) < 4.78 is 11.4. The lowest BCUT2D eigenvalue weighted by molar-refractivity contribution is 0.0168. The third-order valence-electron chi connectivity index (χ3n) is 3.60. The molecule has 1 rings (SSSR count). The SMILES string of the molecule is CCNC(=NCC(C)(C)SC)NCCCOCC1CCCO1. The molecule has 1 fully saturated rings. The second kappa shape index (κ2) is 11.1. The predicted octanol–water partition coefficient (Wildman–Crippen LogP) is 2.27. The van der Waals surface area contributed by atoms with E-state index in [0.29, 0.717) is 6.10 Å². The zero-order valence-corrected chi connectivity index (χ0v) is 15.4. The van der Waals surface area contributed by atoms with Crippen LogP contribution in [-0.4, -0.2) is 62.5 Å². The van der Waals surface area contributed by atoms with Crippen LogP contribution in [0.3, 0.4) is 0 Å². The van der Waals surface area contributed by atoms with Crippen molar-refractivity contribution in [3.05, 3.63) is 0 Å².